The molecule has 0 atom stereocenters. The Hall–Kier alpha value is -0.203. The molecule has 92 valence electrons. The van der Waals surface area contributed by atoms with E-state index in [0.717, 1.165) is 13.2 Å². The van der Waals surface area contributed by atoms with E-state index in [-0.39, 0.29) is 6.29 Å². The van der Waals surface area contributed by atoms with Crippen LogP contribution in [-0.4, -0.2) is 21.3 Å². The molecule has 3 rings (SSSR count). The SMILES string of the molecule is C[Si](C)(C)c1cc2sc(C3OCCO3)cc2s1. The lowest BCUT2D eigenvalue weighted by Crippen LogP contribution is -2.34. The van der Waals surface area contributed by atoms with Gasteiger partial charge in [0, 0.05) is 9.40 Å². The van der Waals surface area contributed by atoms with Crippen LogP contribution in [0.5, 0.6) is 0 Å². The van der Waals surface area contributed by atoms with Crippen LogP contribution in [0.3, 0.4) is 0 Å². The molecule has 17 heavy (non-hydrogen) atoms. The van der Waals surface area contributed by atoms with Crippen molar-refractivity contribution in [3.05, 3.63) is 17.0 Å². The fourth-order valence-electron chi connectivity index (χ4n) is 1.86. The van der Waals surface area contributed by atoms with Gasteiger partial charge >= 0.3 is 0 Å². The van der Waals surface area contributed by atoms with Gasteiger partial charge in [-0.05, 0) is 16.6 Å². The third-order valence-corrected chi connectivity index (χ3v) is 8.71. The molecule has 1 saturated heterocycles. The lowest BCUT2D eigenvalue weighted by molar-refractivity contribution is -0.0412. The van der Waals surface area contributed by atoms with Crippen molar-refractivity contribution in [3.63, 3.8) is 0 Å². The second-order valence-electron chi connectivity index (χ2n) is 5.31. The highest BCUT2D eigenvalue weighted by Gasteiger charge is 2.24. The van der Waals surface area contributed by atoms with E-state index in [0.29, 0.717) is 0 Å². The summed E-state index contributed by atoms with van der Waals surface area (Å²) in [6.07, 6.45) is -0.116. The molecule has 2 aromatic rings. The second kappa shape index (κ2) is 4.17. The van der Waals surface area contributed by atoms with E-state index in [2.05, 4.69) is 31.8 Å². The minimum absolute atomic E-state index is 0.116. The first-order valence-corrected chi connectivity index (χ1v) is 10.9. The monoisotopic (exact) mass is 284 g/mol. The summed E-state index contributed by atoms with van der Waals surface area (Å²) in [6.45, 7) is 8.62. The zero-order chi connectivity index (χ0) is 12.0. The van der Waals surface area contributed by atoms with E-state index in [1.807, 2.05) is 22.7 Å². The van der Waals surface area contributed by atoms with E-state index in [9.17, 15) is 0 Å². The summed E-state index contributed by atoms with van der Waals surface area (Å²) in [6, 6.07) is 4.61. The van der Waals surface area contributed by atoms with Crippen LogP contribution in [0.4, 0.5) is 0 Å². The molecule has 0 aromatic carbocycles. The Morgan fingerprint density at radius 2 is 1.71 bits per heavy atom. The van der Waals surface area contributed by atoms with Crippen LogP contribution in [0.15, 0.2) is 12.1 Å². The van der Waals surface area contributed by atoms with Gasteiger partial charge < -0.3 is 9.47 Å². The van der Waals surface area contributed by atoms with Crippen molar-refractivity contribution >= 4 is 44.6 Å². The first-order chi connectivity index (χ1) is 8.04. The fraction of sp³-hybridized carbons (Fsp3) is 0.500. The van der Waals surface area contributed by atoms with E-state index in [1.54, 1.807) is 4.50 Å². The average molecular weight is 284 g/mol. The molecular weight excluding hydrogens is 268 g/mol. The van der Waals surface area contributed by atoms with Gasteiger partial charge in [-0.3, -0.25) is 0 Å². The Morgan fingerprint density at radius 1 is 1.06 bits per heavy atom. The van der Waals surface area contributed by atoms with Crippen molar-refractivity contribution in [1.29, 1.82) is 0 Å². The Morgan fingerprint density at radius 3 is 2.29 bits per heavy atom. The Kier molecular flexibility index (Phi) is 2.91. The number of rotatable bonds is 2. The van der Waals surface area contributed by atoms with Gasteiger partial charge in [-0.15, -0.1) is 22.7 Å². The summed E-state index contributed by atoms with van der Waals surface area (Å²) in [7, 11) is -1.17. The number of hydrogen-bond donors (Lipinski definition) is 0. The molecule has 0 saturated carbocycles. The van der Waals surface area contributed by atoms with Crippen molar-refractivity contribution in [2.45, 2.75) is 25.9 Å². The van der Waals surface area contributed by atoms with Crippen molar-refractivity contribution in [3.8, 4) is 0 Å². The molecule has 1 aliphatic rings. The summed E-state index contributed by atoms with van der Waals surface area (Å²) in [5.74, 6) is 0. The van der Waals surface area contributed by atoms with Crippen LogP contribution in [0.2, 0.25) is 19.6 Å². The molecule has 0 bridgehead atoms. The highest BCUT2D eigenvalue weighted by molar-refractivity contribution is 7.35. The van der Waals surface area contributed by atoms with Crippen molar-refractivity contribution < 1.29 is 9.47 Å². The number of ether oxygens (including phenoxy) is 2. The van der Waals surface area contributed by atoms with Gasteiger partial charge in [0.2, 0.25) is 0 Å². The lowest BCUT2D eigenvalue weighted by atomic mass is 10.4. The van der Waals surface area contributed by atoms with Gasteiger partial charge in [-0.1, -0.05) is 19.6 Å². The third-order valence-electron chi connectivity index (χ3n) is 2.82. The van der Waals surface area contributed by atoms with E-state index in [1.165, 1.54) is 14.3 Å². The molecule has 0 aliphatic carbocycles. The average Bonchev–Trinajstić information content (AvgIpc) is 2.90. The molecule has 1 aliphatic heterocycles. The molecule has 1 fully saturated rings. The Labute approximate surface area is 110 Å². The molecular formula is C12H16O2S2Si. The molecule has 0 spiro atoms. The van der Waals surface area contributed by atoms with Gasteiger partial charge in [0.25, 0.3) is 0 Å². The van der Waals surface area contributed by atoms with Crippen LogP contribution >= 0.6 is 22.7 Å². The standard InChI is InChI=1S/C12H16O2S2Si/c1-17(2,3)11-7-9-8(16-11)6-10(15-9)12-13-4-5-14-12/h6-7,12H,4-5H2,1-3H3. The van der Waals surface area contributed by atoms with Gasteiger partial charge in [0.1, 0.15) is 0 Å². The molecule has 2 aromatic heterocycles. The Bertz CT molecular complexity index is 501. The highest BCUT2D eigenvalue weighted by Crippen LogP contribution is 2.36. The predicted molar refractivity (Wildman–Crippen MR) is 77.3 cm³/mol. The van der Waals surface area contributed by atoms with Gasteiger partial charge in [0.15, 0.2) is 6.29 Å². The topological polar surface area (TPSA) is 18.5 Å². The van der Waals surface area contributed by atoms with Crippen LogP contribution in [0.1, 0.15) is 11.2 Å². The van der Waals surface area contributed by atoms with E-state index < -0.39 is 8.07 Å². The van der Waals surface area contributed by atoms with Crippen LogP contribution in [-0.2, 0) is 9.47 Å². The fourth-order valence-corrected chi connectivity index (χ4v) is 6.26. The minimum atomic E-state index is -1.17. The van der Waals surface area contributed by atoms with Crippen LogP contribution in [0, 0.1) is 0 Å². The normalized spacial score (nSPS) is 18.3. The summed E-state index contributed by atoms with van der Waals surface area (Å²) in [5.41, 5.74) is 0. The molecule has 0 unspecified atom stereocenters. The van der Waals surface area contributed by atoms with Crippen molar-refractivity contribution in [1.82, 2.24) is 0 Å². The Balaban J connectivity index is 1.96. The predicted octanol–water partition coefficient (Wildman–Crippen LogP) is 3.55. The zero-order valence-corrected chi connectivity index (χ0v) is 12.9. The minimum Gasteiger partial charge on any atom is -0.345 e. The van der Waals surface area contributed by atoms with Gasteiger partial charge in [-0.25, -0.2) is 0 Å². The highest BCUT2D eigenvalue weighted by atomic mass is 32.1. The molecule has 0 radical (unpaired) electrons. The van der Waals surface area contributed by atoms with Crippen molar-refractivity contribution in [2.75, 3.05) is 13.2 Å². The maximum atomic E-state index is 5.54. The van der Waals surface area contributed by atoms with Gasteiger partial charge in [0.05, 0.1) is 26.2 Å². The summed E-state index contributed by atoms with van der Waals surface area (Å²) in [4.78, 5) is 1.21. The second-order valence-corrected chi connectivity index (χ2v) is 12.9. The first kappa shape index (κ1) is 11.9. The van der Waals surface area contributed by atoms with E-state index in [4.69, 9.17) is 9.47 Å². The van der Waals surface area contributed by atoms with Crippen molar-refractivity contribution in [2.24, 2.45) is 0 Å². The number of thiophene rings is 2. The number of hydrogen-bond acceptors (Lipinski definition) is 4. The molecule has 0 N–H and O–H groups in total. The summed E-state index contributed by atoms with van der Waals surface area (Å²) < 4.78 is 15.4. The lowest BCUT2D eigenvalue weighted by Gasteiger charge is -2.12. The molecule has 0 amide bonds. The molecule has 5 heteroatoms. The summed E-state index contributed by atoms with van der Waals surface area (Å²) in [5, 5.41) is 0. The third kappa shape index (κ3) is 2.22. The largest absolute Gasteiger partial charge is 0.345 e. The van der Waals surface area contributed by atoms with Crippen LogP contribution in [0.25, 0.3) is 9.40 Å². The quantitative estimate of drug-likeness (QED) is 0.785. The number of fused-ring (bicyclic) bond motifs is 1. The van der Waals surface area contributed by atoms with Crippen LogP contribution < -0.4 is 4.50 Å². The smallest absolute Gasteiger partial charge is 0.193 e. The molecule has 3 heterocycles. The van der Waals surface area contributed by atoms with E-state index >= 15 is 0 Å². The first-order valence-electron chi connectivity index (χ1n) is 5.81. The van der Waals surface area contributed by atoms with Gasteiger partial charge in [-0.2, -0.15) is 0 Å². The summed E-state index contributed by atoms with van der Waals surface area (Å²) >= 11 is 3.76. The maximum absolute atomic E-state index is 5.54. The zero-order valence-electron chi connectivity index (χ0n) is 10.3. The molecule has 2 nitrogen and oxygen atoms in total. The maximum Gasteiger partial charge on any atom is 0.193 e.